The number of aryl methyl sites for hydroxylation is 3. The number of hydrogen-bond acceptors (Lipinski definition) is 6. The smallest absolute Gasteiger partial charge is 0.226 e. The molecule has 7 nitrogen and oxygen atoms in total. The number of anilines is 2. The highest BCUT2D eigenvalue weighted by Gasteiger charge is 2.09. The first kappa shape index (κ1) is 15.1. The highest BCUT2D eigenvalue weighted by Crippen LogP contribution is 2.22. The van der Waals surface area contributed by atoms with Crippen molar-refractivity contribution in [3.8, 4) is 5.75 Å². The number of nitrogens with one attached hydrogen (secondary N) is 1. The van der Waals surface area contributed by atoms with Crippen LogP contribution in [0.1, 0.15) is 11.1 Å². The summed E-state index contributed by atoms with van der Waals surface area (Å²) in [6.07, 6.45) is 1.67. The predicted molar refractivity (Wildman–Crippen MR) is 90.6 cm³/mol. The average molecular weight is 312 g/mol. The summed E-state index contributed by atoms with van der Waals surface area (Å²) in [5, 5.41) is 8.02. The van der Waals surface area contributed by atoms with Crippen molar-refractivity contribution in [2.45, 2.75) is 13.8 Å². The van der Waals surface area contributed by atoms with Gasteiger partial charge in [-0.25, -0.2) is 0 Å². The van der Waals surface area contributed by atoms with Gasteiger partial charge in [-0.3, -0.25) is 4.68 Å². The van der Waals surface area contributed by atoms with Gasteiger partial charge < -0.3 is 15.8 Å². The van der Waals surface area contributed by atoms with E-state index in [2.05, 4.69) is 20.4 Å². The maximum absolute atomic E-state index is 5.93. The van der Waals surface area contributed by atoms with E-state index in [1.165, 1.54) is 0 Å². The van der Waals surface area contributed by atoms with E-state index in [1.807, 2.05) is 39.1 Å². The number of ether oxygens (including phenoxy) is 1. The minimum atomic E-state index is 0.418. The first-order valence-corrected chi connectivity index (χ1v) is 7.44. The standard InChI is InChI=1S/C16H20N6O/c1-10-5-4-6-11(2)13(10)23-8-7-18-16-20-14(17)12-9-19-22(3)15(12)21-16/h4-6,9H,7-8H2,1-3H3,(H3,17,18,20,21). The van der Waals surface area contributed by atoms with Crippen LogP contribution in [0.15, 0.2) is 24.4 Å². The molecule has 2 aromatic heterocycles. The summed E-state index contributed by atoms with van der Waals surface area (Å²) in [7, 11) is 1.82. The summed E-state index contributed by atoms with van der Waals surface area (Å²) in [5.41, 5.74) is 8.89. The van der Waals surface area contributed by atoms with E-state index in [1.54, 1.807) is 10.9 Å². The van der Waals surface area contributed by atoms with Gasteiger partial charge in [-0.1, -0.05) is 18.2 Å². The summed E-state index contributed by atoms with van der Waals surface area (Å²) in [6, 6.07) is 6.10. The van der Waals surface area contributed by atoms with Gasteiger partial charge in [-0.2, -0.15) is 15.1 Å². The fourth-order valence-electron chi connectivity index (χ4n) is 2.47. The van der Waals surface area contributed by atoms with Crippen molar-refractivity contribution in [3.63, 3.8) is 0 Å². The molecule has 2 heterocycles. The molecule has 0 aliphatic rings. The highest BCUT2D eigenvalue weighted by molar-refractivity contribution is 5.86. The molecule has 7 heteroatoms. The molecule has 1 aromatic carbocycles. The van der Waals surface area contributed by atoms with E-state index < -0.39 is 0 Å². The van der Waals surface area contributed by atoms with Crippen molar-refractivity contribution in [1.29, 1.82) is 0 Å². The molecular formula is C16H20N6O. The molecule has 0 saturated heterocycles. The van der Waals surface area contributed by atoms with Crippen LogP contribution in [0.3, 0.4) is 0 Å². The summed E-state index contributed by atoms with van der Waals surface area (Å²) >= 11 is 0. The van der Waals surface area contributed by atoms with Crippen LogP contribution >= 0.6 is 0 Å². The second-order valence-corrected chi connectivity index (χ2v) is 5.43. The lowest BCUT2D eigenvalue weighted by atomic mass is 10.1. The van der Waals surface area contributed by atoms with Gasteiger partial charge in [0.2, 0.25) is 5.95 Å². The Labute approximate surface area is 134 Å². The third-order valence-corrected chi connectivity index (χ3v) is 3.66. The van der Waals surface area contributed by atoms with Gasteiger partial charge in [0.05, 0.1) is 18.1 Å². The lowest BCUT2D eigenvalue weighted by molar-refractivity contribution is 0.328. The molecule has 0 aliphatic heterocycles. The van der Waals surface area contributed by atoms with Gasteiger partial charge in [-0.15, -0.1) is 0 Å². The summed E-state index contributed by atoms with van der Waals surface area (Å²) in [5.74, 6) is 1.82. The van der Waals surface area contributed by atoms with Crippen molar-refractivity contribution < 1.29 is 4.74 Å². The van der Waals surface area contributed by atoms with E-state index in [0.29, 0.717) is 30.6 Å². The first-order valence-electron chi connectivity index (χ1n) is 7.44. The number of fused-ring (bicyclic) bond motifs is 1. The minimum absolute atomic E-state index is 0.418. The van der Waals surface area contributed by atoms with E-state index in [4.69, 9.17) is 10.5 Å². The molecule has 0 bridgehead atoms. The Balaban J connectivity index is 1.64. The summed E-state index contributed by atoms with van der Waals surface area (Å²) in [6.45, 7) is 5.17. The number of rotatable bonds is 5. The molecule has 0 aliphatic carbocycles. The van der Waals surface area contributed by atoms with Gasteiger partial charge in [-0.05, 0) is 25.0 Å². The van der Waals surface area contributed by atoms with Gasteiger partial charge >= 0.3 is 0 Å². The topological polar surface area (TPSA) is 90.9 Å². The van der Waals surface area contributed by atoms with Crippen molar-refractivity contribution in [2.24, 2.45) is 7.05 Å². The third-order valence-electron chi connectivity index (χ3n) is 3.66. The molecule has 3 N–H and O–H groups in total. The summed E-state index contributed by atoms with van der Waals surface area (Å²) < 4.78 is 7.52. The number of para-hydroxylation sites is 1. The number of aromatic nitrogens is 4. The molecule has 120 valence electrons. The molecule has 0 saturated carbocycles. The van der Waals surface area contributed by atoms with Crippen LogP contribution in [0.25, 0.3) is 11.0 Å². The minimum Gasteiger partial charge on any atom is -0.491 e. The molecule has 23 heavy (non-hydrogen) atoms. The van der Waals surface area contributed by atoms with Crippen LogP contribution in [-0.2, 0) is 7.05 Å². The SMILES string of the molecule is Cc1cccc(C)c1OCCNc1nc(N)c2cnn(C)c2n1. The Hall–Kier alpha value is -2.83. The zero-order valence-electron chi connectivity index (χ0n) is 13.5. The fourth-order valence-corrected chi connectivity index (χ4v) is 2.47. The zero-order chi connectivity index (χ0) is 16.4. The van der Waals surface area contributed by atoms with E-state index in [9.17, 15) is 0 Å². The number of nitrogens with zero attached hydrogens (tertiary/aromatic N) is 4. The maximum atomic E-state index is 5.93. The number of nitrogen functional groups attached to an aromatic ring is 1. The number of hydrogen-bond donors (Lipinski definition) is 2. The molecule has 3 rings (SSSR count). The normalized spacial score (nSPS) is 10.9. The monoisotopic (exact) mass is 312 g/mol. The van der Waals surface area contributed by atoms with Crippen molar-refractivity contribution in [3.05, 3.63) is 35.5 Å². The Morgan fingerprint density at radius 3 is 2.70 bits per heavy atom. The van der Waals surface area contributed by atoms with Gasteiger partial charge in [0, 0.05) is 7.05 Å². The molecule has 0 amide bonds. The Kier molecular flexibility index (Phi) is 4.01. The predicted octanol–water partition coefficient (Wildman–Crippen LogP) is 2.05. The van der Waals surface area contributed by atoms with Crippen LogP contribution in [0.5, 0.6) is 5.75 Å². The van der Waals surface area contributed by atoms with Gasteiger partial charge in [0.15, 0.2) is 5.65 Å². The molecule has 0 atom stereocenters. The van der Waals surface area contributed by atoms with Crippen LogP contribution in [0.4, 0.5) is 11.8 Å². The number of benzene rings is 1. The molecule has 0 radical (unpaired) electrons. The lowest BCUT2D eigenvalue weighted by Gasteiger charge is -2.12. The number of nitrogens with two attached hydrogens (primary N) is 1. The molecule has 0 spiro atoms. The Morgan fingerprint density at radius 2 is 1.96 bits per heavy atom. The zero-order valence-corrected chi connectivity index (χ0v) is 13.5. The van der Waals surface area contributed by atoms with Crippen LogP contribution in [0, 0.1) is 13.8 Å². The van der Waals surface area contributed by atoms with Gasteiger partial charge in [0.25, 0.3) is 0 Å². The van der Waals surface area contributed by atoms with Crippen molar-refractivity contribution in [1.82, 2.24) is 19.7 Å². The lowest BCUT2D eigenvalue weighted by Crippen LogP contribution is -2.15. The van der Waals surface area contributed by atoms with Crippen molar-refractivity contribution >= 4 is 22.8 Å². The second kappa shape index (κ2) is 6.12. The Morgan fingerprint density at radius 1 is 1.22 bits per heavy atom. The summed E-state index contributed by atoms with van der Waals surface area (Å²) in [4.78, 5) is 8.66. The van der Waals surface area contributed by atoms with Crippen LogP contribution in [-0.4, -0.2) is 32.9 Å². The first-order chi connectivity index (χ1) is 11.1. The Bertz CT molecular complexity index is 822. The second-order valence-electron chi connectivity index (χ2n) is 5.43. The van der Waals surface area contributed by atoms with Crippen molar-refractivity contribution in [2.75, 3.05) is 24.2 Å². The van der Waals surface area contributed by atoms with Gasteiger partial charge in [0.1, 0.15) is 18.2 Å². The van der Waals surface area contributed by atoms with Crippen LogP contribution in [0.2, 0.25) is 0 Å². The van der Waals surface area contributed by atoms with E-state index >= 15 is 0 Å². The highest BCUT2D eigenvalue weighted by atomic mass is 16.5. The van der Waals surface area contributed by atoms with Crippen LogP contribution < -0.4 is 15.8 Å². The third kappa shape index (κ3) is 3.03. The largest absolute Gasteiger partial charge is 0.491 e. The van der Waals surface area contributed by atoms with E-state index in [0.717, 1.165) is 22.3 Å². The molecule has 0 unspecified atom stereocenters. The molecule has 3 aromatic rings. The fraction of sp³-hybridized carbons (Fsp3) is 0.312. The van der Waals surface area contributed by atoms with E-state index in [-0.39, 0.29) is 0 Å². The molecule has 0 fully saturated rings. The maximum Gasteiger partial charge on any atom is 0.226 e. The quantitative estimate of drug-likeness (QED) is 0.701. The molecular weight excluding hydrogens is 292 g/mol. The average Bonchev–Trinajstić information content (AvgIpc) is 2.88.